The minimum absolute atomic E-state index is 0.0285. The van der Waals surface area contributed by atoms with E-state index >= 15 is 0 Å². The lowest BCUT2D eigenvalue weighted by molar-refractivity contribution is -0.119. The molecule has 0 heterocycles. The van der Waals surface area contributed by atoms with Gasteiger partial charge in [-0.05, 0) is 55.0 Å². The van der Waals surface area contributed by atoms with Crippen LogP contribution in [0.5, 0.6) is 11.5 Å². The van der Waals surface area contributed by atoms with E-state index in [2.05, 4.69) is 10.6 Å². The van der Waals surface area contributed by atoms with E-state index in [4.69, 9.17) is 51.8 Å². The summed E-state index contributed by atoms with van der Waals surface area (Å²) in [6, 6.07) is 9.39. The maximum atomic E-state index is 11.9. The average Bonchev–Trinajstić information content (AvgIpc) is 2.56. The summed E-state index contributed by atoms with van der Waals surface area (Å²) >= 11 is 22.7. The number of hydrogen-bond donors (Lipinski definition) is 3. The number of hydrogen-bond acceptors (Lipinski definition) is 4. The molecule has 0 saturated heterocycles. The van der Waals surface area contributed by atoms with Gasteiger partial charge in [0.1, 0.15) is 11.5 Å². The lowest BCUT2D eigenvalue weighted by atomic mass is 10.3. The zero-order chi connectivity index (χ0) is 19.1. The van der Waals surface area contributed by atoms with Gasteiger partial charge < -0.3 is 20.5 Å². The quantitative estimate of drug-likeness (QED) is 0.339. The minimum atomic E-state index is -0.283. The van der Waals surface area contributed by atoms with Crippen molar-refractivity contribution in [1.29, 1.82) is 0 Å². The Kier molecular flexibility index (Phi) is 7.78. The standard InChI is InChI=1S/C17H15Cl3N2O3S/c18-10-4-6-15(12(20)8-10)25-7-1-2-16(24)22-17(26)21-13-9-11(19)3-5-14(13)23/h3-6,8-9,23H,1-2,7H2,(H2,21,22,24,26). The van der Waals surface area contributed by atoms with Crippen LogP contribution in [0.1, 0.15) is 12.8 Å². The lowest BCUT2D eigenvalue weighted by Gasteiger charge is -2.11. The van der Waals surface area contributed by atoms with Crippen LogP contribution in [0.2, 0.25) is 15.1 Å². The van der Waals surface area contributed by atoms with E-state index < -0.39 is 0 Å². The van der Waals surface area contributed by atoms with E-state index in [0.717, 1.165) is 0 Å². The smallest absolute Gasteiger partial charge is 0.226 e. The molecular formula is C17H15Cl3N2O3S. The van der Waals surface area contributed by atoms with Crippen molar-refractivity contribution in [3.8, 4) is 11.5 Å². The second kappa shape index (κ2) is 9.83. The van der Waals surface area contributed by atoms with Gasteiger partial charge in [-0.25, -0.2) is 0 Å². The topological polar surface area (TPSA) is 70.6 Å². The van der Waals surface area contributed by atoms with Crippen LogP contribution in [0.25, 0.3) is 0 Å². The number of aromatic hydroxyl groups is 1. The molecule has 2 aromatic carbocycles. The van der Waals surface area contributed by atoms with Gasteiger partial charge in [-0.3, -0.25) is 4.79 Å². The molecule has 5 nitrogen and oxygen atoms in total. The van der Waals surface area contributed by atoms with Crippen molar-refractivity contribution in [3.05, 3.63) is 51.5 Å². The predicted molar refractivity (Wildman–Crippen MR) is 109 cm³/mol. The highest BCUT2D eigenvalue weighted by molar-refractivity contribution is 7.80. The SMILES string of the molecule is O=C(CCCOc1ccc(Cl)cc1Cl)NC(=S)Nc1cc(Cl)ccc1O. The van der Waals surface area contributed by atoms with Crippen LogP contribution in [-0.4, -0.2) is 22.7 Å². The van der Waals surface area contributed by atoms with Gasteiger partial charge in [-0.15, -0.1) is 0 Å². The van der Waals surface area contributed by atoms with E-state index in [9.17, 15) is 9.90 Å². The predicted octanol–water partition coefficient (Wildman–Crippen LogP) is 5.02. The Balaban J connectivity index is 1.72. The summed E-state index contributed by atoms with van der Waals surface area (Å²) in [5.41, 5.74) is 0.309. The third-order valence-corrected chi connectivity index (χ3v) is 4.13. The van der Waals surface area contributed by atoms with E-state index in [1.54, 1.807) is 18.2 Å². The van der Waals surface area contributed by atoms with Crippen molar-refractivity contribution in [2.45, 2.75) is 12.8 Å². The number of rotatable bonds is 6. The van der Waals surface area contributed by atoms with Crippen LogP contribution >= 0.6 is 47.0 Å². The molecular weight excluding hydrogens is 419 g/mol. The molecule has 0 fully saturated rings. The van der Waals surface area contributed by atoms with Crippen LogP contribution in [0, 0.1) is 0 Å². The molecule has 0 aliphatic heterocycles. The molecule has 2 rings (SSSR count). The Morgan fingerprint density at radius 2 is 1.81 bits per heavy atom. The zero-order valence-corrected chi connectivity index (χ0v) is 16.5. The molecule has 3 N–H and O–H groups in total. The molecule has 9 heteroatoms. The Bertz CT molecular complexity index is 818. The molecule has 0 radical (unpaired) electrons. The summed E-state index contributed by atoms with van der Waals surface area (Å²) in [6.07, 6.45) is 0.671. The van der Waals surface area contributed by atoms with Gasteiger partial charge >= 0.3 is 0 Å². The highest BCUT2D eigenvalue weighted by atomic mass is 35.5. The van der Waals surface area contributed by atoms with Crippen LogP contribution in [0.15, 0.2) is 36.4 Å². The van der Waals surface area contributed by atoms with Crippen molar-refractivity contribution < 1.29 is 14.6 Å². The molecule has 0 unspecified atom stereocenters. The number of amides is 1. The summed E-state index contributed by atoms with van der Waals surface area (Å²) in [5.74, 6) is 0.194. The number of phenolic OH excluding ortho intramolecular Hbond substituents is 1. The van der Waals surface area contributed by atoms with Crippen molar-refractivity contribution in [1.82, 2.24) is 5.32 Å². The number of carbonyl (C=O) groups is 1. The van der Waals surface area contributed by atoms with Crippen LogP contribution in [-0.2, 0) is 4.79 Å². The molecule has 26 heavy (non-hydrogen) atoms. The highest BCUT2D eigenvalue weighted by Crippen LogP contribution is 2.28. The number of phenols is 1. The second-order valence-corrected chi connectivity index (χ2v) is 6.88. The second-order valence-electron chi connectivity index (χ2n) is 5.19. The van der Waals surface area contributed by atoms with Gasteiger partial charge in [0, 0.05) is 16.5 Å². The number of benzene rings is 2. The molecule has 0 atom stereocenters. The average molecular weight is 434 g/mol. The number of ether oxygens (including phenoxy) is 1. The van der Waals surface area contributed by atoms with Crippen LogP contribution in [0.3, 0.4) is 0 Å². The van der Waals surface area contributed by atoms with Crippen molar-refractivity contribution >= 4 is 63.7 Å². The summed E-state index contributed by atoms with van der Waals surface area (Å²) in [7, 11) is 0. The van der Waals surface area contributed by atoms with E-state index in [1.165, 1.54) is 18.2 Å². The third kappa shape index (κ3) is 6.53. The van der Waals surface area contributed by atoms with Gasteiger partial charge in [0.25, 0.3) is 0 Å². The Hall–Kier alpha value is -1.73. The van der Waals surface area contributed by atoms with Gasteiger partial charge in [-0.2, -0.15) is 0 Å². The van der Waals surface area contributed by atoms with Crippen molar-refractivity contribution in [2.24, 2.45) is 0 Å². The highest BCUT2D eigenvalue weighted by Gasteiger charge is 2.08. The largest absolute Gasteiger partial charge is 0.506 e. The first-order valence-electron chi connectivity index (χ1n) is 7.52. The molecule has 138 valence electrons. The summed E-state index contributed by atoms with van der Waals surface area (Å²) in [4.78, 5) is 11.9. The first-order valence-corrected chi connectivity index (χ1v) is 9.06. The van der Waals surface area contributed by atoms with Crippen molar-refractivity contribution in [3.63, 3.8) is 0 Å². The molecule has 1 amide bonds. The van der Waals surface area contributed by atoms with Gasteiger partial charge in [-0.1, -0.05) is 34.8 Å². The van der Waals surface area contributed by atoms with Gasteiger partial charge in [0.15, 0.2) is 5.11 Å². The molecule has 0 spiro atoms. The number of thiocarbonyl (C=S) groups is 1. The number of carbonyl (C=O) groups excluding carboxylic acids is 1. The number of halogens is 3. The number of anilines is 1. The summed E-state index contributed by atoms with van der Waals surface area (Å²) in [5, 5.41) is 16.4. The lowest BCUT2D eigenvalue weighted by Crippen LogP contribution is -2.34. The van der Waals surface area contributed by atoms with E-state index in [1.807, 2.05) is 0 Å². The third-order valence-electron chi connectivity index (χ3n) is 3.16. The molecule has 0 aliphatic rings. The summed E-state index contributed by atoms with van der Waals surface area (Å²) in [6.45, 7) is 0.310. The number of nitrogens with one attached hydrogen (secondary N) is 2. The van der Waals surface area contributed by atoms with Crippen molar-refractivity contribution in [2.75, 3.05) is 11.9 Å². The van der Waals surface area contributed by atoms with Crippen LogP contribution in [0.4, 0.5) is 5.69 Å². The Morgan fingerprint density at radius 1 is 1.12 bits per heavy atom. The molecule has 0 bridgehead atoms. The fourth-order valence-corrected chi connectivity index (χ4v) is 2.82. The van der Waals surface area contributed by atoms with E-state index in [0.29, 0.717) is 39.5 Å². The first-order chi connectivity index (χ1) is 12.3. The molecule has 2 aromatic rings. The summed E-state index contributed by atoms with van der Waals surface area (Å²) < 4.78 is 5.50. The van der Waals surface area contributed by atoms with E-state index in [-0.39, 0.29) is 23.2 Å². The van der Waals surface area contributed by atoms with Crippen LogP contribution < -0.4 is 15.4 Å². The van der Waals surface area contributed by atoms with Gasteiger partial charge in [0.2, 0.25) is 5.91 Å². The fraction of sp³-hybridized carbons (Fsp3) is 0.176. The first kappa shape index (κ1) is 20.6. The van der Waals surface area contributed by atoms with Gasteiger partial charge in [0.05, 0.1) is 17.3 Å². The molecule has 0 aliphatic carbocycles. The zero-order valence-electron chi connectivity index (χ0n) is 13.4. The normalized spacial score (nSPS) is 10.3. The minimum Gasteiger partial charge on any atom is -0.506 e. The maximum absolute atomic E-state index is 11.9. The molecule has 0 aromatic heterocycles. The fourth-order valence-electron chi connectivity index (χ4n) is 1.96. The Morgan fingerprint density at radius 3 is 2.54 bits per heavy atom. The maximum Gasteiger partial charge on any atom is 0.226 e. The molecule has 0 saturated carbocycles. The Labute approximate surface area is 171 Å². The monoisotopic (exact) mass is 432 g/mol.